The molecule has 0 atom stereocenters. The predicted octanol–water partition coefficient (Wildman–Crippen LogP) is 5.43. The van der Waals surface area contributed by atoms with E-state index in [2.05, 4.69) is 21.2 Å². The standard InChI is InChI=1S/C16H12BrCl2NO/c17-11-3-1-2-10(8-11)16(6-7-16)15(21)20-14-5-4-12(18)9-13(14)19/h1-5,8-9H,6-7H2,(H,20,21). The van der Waals surface area contributed by atoms with E-state index in [9.17, 15) is 4.79 Å². The average Bonchev–Trinajstić information content (AvgIpc) is 3.23. The van der Waals surface area contributed by atoms with Crippen LogP contribution in [0.3, 0.4) is 0 Å². The number of amides is 1. The largest absolute Gasteiger partial charge is 0.324 e. The highest BCUT2D eigenvalue weighted by atomic mass is 79.9. The van der Waals surface area contributed by atoms with Crippen LogP contribution in [0.25, 0.3) is 0 Å². The molecule has 0 radical (unpaired) electrons. The molecule has 2 nitrogen and oxygen atoms in total. The minimum atomic E-state index is -0.438. The van der Waals surface area contributed by atoms with Gasteiger partial charge in [0.25, 0.3) is 0 Å². The summed E-state index contributed by atoms with van der Waals surface area (Å²) in [5.74, 6) is -0.0233. The maximum atomic E-state index is 12.6. The first-order chi connectivity index (χ1) is 10.0. The first-order valence-electron chi connectivity index (χ1n) is 6.54. The van der Waals surface area contributed by atoms with E-state index in [1.165, 1.54) is 0 Å². The van der Waals surface area contributed by atoms with E-state index in [1.807, 2.05) is 24.3 Å². The second-order valence-corrected chi connectivity index (χ2v) is 6.93. The number of benzene rings is 2. The Labute approximate surface area is 141 Å². The predicted molar refractivity (Wildman–Crippen MR) is 90.1 cm³/mol. The van der Waals surface area contributed by atoms with Gasteiger partial charge in [-0.2, -0.15) is 0 Å². The van der Waals surface area contributed by atoms with Gasteiger partial charge in [0.15, 0.2) is 0 Å². The second kappa shape index (κ2) is 5.64. The summed E-state index contributed by atoms with van der Waals surface area (Å²) in [6.07, 6.45) is 1.70. The van der Waals surface area contributed by atoms with Crippen molar-refractivity contribution in [1.82, 2.24) is 0 Å². The molecule has 0 bridgehead atoms. The molecule has 1 aliphatic carbocycles. The summed E-state index contributed by atoms with van der Waals surface area (Å²) >= 11 is 15.4. The van der Waals surface area contributed by atoms with Crippen LogP contribution < -0.4 is 5.32 Å². The fourth-order valence-corrected chi connectivity index (χ4v) is 3.25. The van der Waals surface area contributed by atoms with Gasteiger partial charge >= 0.3 is 0 Å². The second-order valence-electron chi connectivity index (χ2n) is 5.17. The molecule has 1 saturated carbocycles. The molecule has 0 spiro atoms. The summed E-state index contributed by atoms with van der Waals surface area (Å²) in [4.78, 5) is 12.6. The van der Waals surface area contributed by atoms with Gasteiger partial charge in [-0.25, -0.2) is 0 Å². The van der Waals surface area contributed by atoms with E-state index >= 15 is 0 Å². The molecule has 0 heterocycles. The van der Waals surface area contributed by atoms with Crippen LogP contribution >= 0.6 is 39.1 Å². The van der Waals surface area contributed by atoms with E-state index in [0.717, 1.165) is 22.9 Å². The Morgan fingerprint density at radius 1 is 1.14 bits per heavy atom. The zero-order valence-electron chi connectivity index (χ0n) is 11.0. The molecule has 0 aromatic heterocycles. The van der Waals surface area contributed by atoms with Gasteiger partial charge in [0.2, 0.25) is 5.91 Å². The zero-order chi connectivity index (χ0) is 15.0. The molecule has 5 heteroatoms. The van der Waals surface area contributed by atoms with Crippen molar-refractivity contribution in [2.45, 2.75) is 18.3 Å². The summed E-state index contributed by atoms with van der Waals surface area (Å²) in [7, 11) is 0. The van der Waals surface area contributed by atoms with Crippen molar-refractivity contribution in [2.75, 3.05) is 5.32 Å². The van der Waals surface area contributed by atoms with Crippen LogP contribution in [0, 0.1) is 0 Å². The fraction of sp³-hybridized carbons (Fsp3) is 0.188. The Morgan fingerprint density at radius 3 is 2.52 bits per heavy atom. The minimum Gasteiger partial charge on any atom is -0.324 e. The van der Waals surface area contributed by atoms with Gasteiger partial charge in [-0.3, -0.25) is 4.79 Å². The molecule has 108 valence electrons. The Balaban J connectivity index is 1.85. The number of hydrogen-bond donors (Lipinski definition) is 1. The average molecular weight is 385 g/mol. The van der Waals surface area contributed by atoms with Gasteiger partial charge < -0.3 is 5.32 Å². The molecule has 0 unspecified atom stereocenters. The van der Waals surface area contributed by atoms with Crippen LogP contribution in [0.5, 0.6) is 0 Å². The fourth-order valence-electron chi connectivity index (χ4n) is 2.39. The van der Waals surface area contributed by atoms with Crippen molar-refractivity contribution in [3.63, 3.8) is 0 Å². The van der Waals surface area contributed by atoms with Crippen molar-refractivity contribution < 1.29 is 4.79 Å². The van der Waals surface area contributed by atoms with Crippen molar-refractivity contribution in [3.05, 3.63) is 62.5 Å². The number of anilines is 1. The summed E-state index contributed by atoms with van der Waals surface area (Å²) in [5, 5.41) is 3.91. The van der Waals surface area contributed by atoms with Crippen molar-refractivity contribution in [1.29, 1.82) is 0 Å². The highest BCUT2D eigenvalue weighted by molar-refractivity contribution is 9.10. The lowest BCUT2D eigenvalue weighted by molar-refractivity contribution is -0.118. The lowest BCUT2D eigenvalue weighted by Gasteiger charge is -2.17. The van der Waals surface area contributed by atoms with E-state index in [-0.39, 0.29) is 5.91 Å². The third kappa shape index (κ3) is 2.96. The molecular weight excluding hydrogens is 373 g/mol. The molecule has 2 aromatic carbocycles. The number of carbonyl (C=O) groups excluding carboxylic acids is 1. The normalized spacial score (nSPS) is 15.6. The van der Waals surface area contributed by atoms with Gasteiger partial charge in [0.05, 0.1) is 16.1 Å². The number of carbonyl (C=O) groups is 1. The van der Waals surface area contributed by atoms with Crippen LogP contribution in [0.15, 0.2) is 46.9 Å². The van der Waals surface area contributed by atoms with Gasteiger partial charge in [0.1, 0.15) is 0 Å². The maximum absolute atomic E-state index is 12.6. The SMILES string of the molecule is O=C(Nc1ccc(Cl)cc1Cl)C1(c2cccc(Br)c2)CC1. The molecule has 0 aliphatic heterocycles. The van der Waals surface area contributed by atoms with Gasteiger partial charge in [-0.05, 0) is 48.7 Å². The van der Waals surface area contributed by atoms with E-state index < -0.39 is 5.41 Å². The molecule has 2 aromatic rings. The Morgan fingerprint density at radius 2 is 1.90 bits per heavy atom. The summed E-state index contributed by atoms with van der Waals surface area (Å²) in [6.45, 7) is 0. The monoisotopic (exact) mass is 383 g/mol. The number of rotatable bonds is 3. The van der Waals surface area contributed by atoms with Crippen LogP contribution in [0.1, 0.15) is 18.4 Å². The maximum Gasteiger partial charge on any atom is 0.235 e. The highest BCUT2D eigenvalue weighted by Crippen LogP contribution is 2.49. The third-order valence-corrected chi connectivity index (χ3v) is 4.78. The van der Waals surface area contributed by atoms with Crippen LogP contribution in [-0.2, 0) is 10.2 Å². The topological polar surface area (TPSA) is 29.1 Å². The molecule has 1 N–H and O–H groups in total. The van der Waals surface area contributed by atoms with Crippen molar-refractivity contribution in [2.24, 2.45) is 0 Å². The van der Waals surface area contributed by atoms with Gasteiger partial charge in [-0.15, -0.1) is 0 Å². The highest BCUT2D eigenvalue weighted by Gasteiger charge is 2.51. The van der Waals surface area contributed by atoms with Gasteiger partial charge in [-0.1, -0.05) is 51.3 Å². The van der Waals surface area contributed by atoms with Crippen molar-refractivity contribution in [3.8, 4) is 0 Å². The van der Waals surface area contributed by atoms with Crippen LogP contribution in [-0.4, -0.2) is 5.91 Å². The lowest BCUT2D eigenvalue weighted by atomic mass is 9.95. The van der Waals surface area contributed by atoms with Crippen LogP contribution in [0.4, 0.5) is 5.69 Å². The number of hydrogen-bond acceptors (Lipinski definition) is 1. The van der Waals surface area contributed by atoms with Crippen LogP contribution in [0.2, 0.25) is 10.0 Å². The van der Waals surface area contributed by atoms with Crippen molar-refractivity contribution >= 4 is 50.7 Å². The number of nitrogens with one attached hydrogen (secondary N) is 1. The lowest BCUT2D eigenvalue weighted by Crippen LogP contribution is -2.27. The molecule has 0 saturated heterocycles. The number of halogens is 3. The first kappa shape index (κ1) is 14.9. The smallest absolute Gasteiger partial charge is 0.235 e. The van der Waals surface area contributed by atoms with E-state index in [1.54, 1.807) is 18.2 Å². The molecular formula is C16H12BrCl2NO. The molecule has 21 heavy (non-hydrogen) atoms. The Bertz CT molecular complexity index is 713. The summed E-state index contributed by atoms with van der Waals surface area (Å²) in [5.41, 5.74) is 1.18. The summed E-state index contributed by atoms with van der Waals surface area (Å²) < 4.78 is 0.976. The van der Waals surface area contributed by atoms with E-state index in [0.29, 0.717) is 15.7 Å². The molecule has 3 rings (SSSR count). The Hall–Kier alpha value is -1.03. The Kier molecular flexibility index (Phi) is 4.00. The molecule has 1 fully saturated rings. The minimum absolute atomic E-state index is 0.0233. The first-order valence-corrected chi connectivity index (χ1v) is 8.09. The van der Waals surface area contributed by atoms with E-state index in [4.69, 9.17) is 23.2 Å². The van der Waals surface area contributed by atoms with Gasteiger partial charge in [0, 0.05) is 9.50 Å². The molecule has 1 amide bonds. The third-order valence-electron chi connectivity index (χ3n) is 3.74. The summed E-state index contributed by atoms with van der Waals surface area (Å²) in [6, 6.07) is 12.9. The molecule has 1 aliphatic rings. The quantitative estimate of drug-likeness (QED) is 0.751. The zero-order valence-corrected chi connectivity index (χ0v) is 14.1.